The van der Waals surface area contributed by atoms with Crippen molar-refractivity contribution in [2.75, 3.05) is 26.3 Å². The van der Waals surface area contributed by atoms with E-state index in [0.29, 0.717) is 12.5 Å². The lowest BCUT2D eigenvalue weighted by Crippen LogP contribution is -2.32. The van der Waals surface area contributed by atoms with Gasteiger partial charge in [0.05, 0.1) is 6.61 Å². The highest BCUT2D eigenvalue weighted by Crippen LogP contribution is 2.20. The predicted octanol–water partition coefficient (Wildman–Crippen LogP) is 1.79. The van der Waals surface area contributed by atoms with Crippen molar-refractivity contribution < 1.29 is 14.3 Å². The molecule has 1 amide bonds. The highest BCUT2D eigenvalue weighted by Gasteiger charge is 2.29. The van der Waals surface area contributed by atoms with Gasteiger partial charge in [0.1, 0.15) is 0 Å². The van der Waals surface area contributed by atoms with Crippen LogP contribution < -0.4 is 0 Å². The number of rotatable bonds is 5. The highest BCUT2D eigenvalue weighted by atomic mass is 16.7. The van der Waals surface area contributed by atoms with Crippen LogP contribution in [-0.4, -0.2) is 43.4 Å². The Balaban J connectivity index is 1.63. The predicted molar refractivity (Wildman–Crippen MR) is 64.5 cm³/mol. The van der Waals surface area contributed by atoms with Crippen molar-refractivity contribution in [1.29, 1.82) is 0 Å². The molecule has 0 aromatic carbocycles. The van der Waals surface area contributed by atoms with Crippen LogP contribution in [0.4, 0.5) is 0 Å². The number of ether oxygens (including phenoxy) is 2. The standard InChI is InChI=1S/C13H23NO3/c1-2-11-6-7-14(13(11)15)8-10-17-12-5-3-4-9-16-12/h11-12H,2-10H2,1H3. The number of amides is 1. The largest absolute Gasteiger partial charge is 0.353 e. The van der Waals surface area contributed by atoms with E-state index in [4.69, 9.17) is 9.47 Å². The molecule has 2 heterocycles. The summed E-state index contributed by atoms with van der Waals surface area (Å²) in [6.45, 7) is 5.11. The van der Waals surface area contributed by atoms with Crippen LogP contribution in [-0.2, 0) is 14.3 Å². The maximum Gasteiger partial charge on any atom is 0.225 e. The number of hydrogen-bond acceptors (Lipinski definition) is 3. The SMILES string of the molecule is CCC1CCN(CCOC2CCCCO2)C1=O. The van der Waals surface area contributed by atoms with E-state index in [9.17, 15) is 4.79 Å². The molecule has 0 spiro atoms. The summed E-state index contributed by atoms with van der Waals surface area (Å²) in [5, 5.41) is 0. The first-order valence-corrected chi connectivity index (χ1v) is 6.83. The Morgan fingerprint density at radius 3 is 2.94 bits per heavy atom. The summed E-state index contributed by atoms with van der Waals surface area (Å²) in [5.74, 6) is 0.557. The molecule has 0 radical (unpaired) electrons. The fourth-order valence-electron chi connectivity index (χ4n) is 2.54. The number of hydrogen-bond donors (Lipinski definition) is 0. The van der Waals surface area contributed by atoms with Gasteiger partial charge in [0, 0.05) is 25.6 Å². The minimum atomic E-state index is -0.0385. The number of carbonyl (C=O) groups is 1. The molecule has 2 rings (SSSR count). The van der Waals surface area contributed by atoms with Crippen LogP contribution in [0.5, 0.6) is 0 Å². The lowest BCUT2D eigenvalue weighted by Gasteiger charge is -2.24. The Bertz CT molecular complexity index is 251. The third-order valence-corrected chi connectivity index (χ3v) is 3.70. The lowest BCUT2D eigenvalue weighted by atomic mass is 10.1. The van der Waals surface area contributed by atoms with Gasteiger partial charge in [-0.25, -0.2) is 0 Å². The van der Waals surface area contributed by atoms with E-state index in [1.807, 2.05) is 4.90 Å². The first-order valence-electron chi connectivity index (χ1n) is 6.83. The van der Waals surface area contributed by atoms with Crippen LogP contribution in [0.2, 0.25) is 0 Å². The Morgan fingerprint density at radius 1 is 1.41 bits per heavy atom. The zero-order chi connectivity index (χ0) is 12.1. The highest BCUT2D eigenvalue weighted by molar-refractivity contribution is 5.80. The first-order chi connectivity index (χ1) is 8.31. The lowest BCUT2D eigenvalue weighted by molar-refractivity contribution is -0.165. The van der Waals surface area contributed by atoms with E-state index in [1.165, 1.54) is 6.42 Å². The average molecular weight is 241 g/mol. The normalized spacial score (nSPS) is 29.9. The second-order valence-electron chi connectivity index (χ2n) is 4.89. The summed E-state index contributed by atoms with van der Waals surface area (Å²) in [6, 6.07) is 0. The number of carbonyl (C=O) groups excluding carboxylic acids is 1. The molecular formula is C13H23NO3. The van der Waals surface area contributed by atoms with E-state index in [0.717, 1.165) is 45.4 Å². The van der Waals surface area contributed by atoms with Gasteiger partial charge in [0.2, 0.25) is 5.91 Å². The molecule has 4 nitrogen and oxygen atoms in total. The molecule has 2 aliphatic heterocycles. The van der Waals surface area contributed by atoms with Crippen molar-refractivity contribution in [1.82, 2.24) is 4.90 Å². The Hall–Kier alpha value is -0.610. The minimum Gasteiger partial charge on any atom is -0.353 e. The first kappa shape index (κ1) is 12.8. The summed E-state index contributed by atoms with van der Waals surface area (Å²) in [6.07, 6.45) is 5.25. The topological polar surface area (TPSA) is 38.8 Å². The average Bonchev–Trinajstić information content (AvgIpc) is 2.72. The summed E-state index contributed by atoms with van der Waals surface area (Å²) in [5.41, 5.74) is 0. The second-order valence-corrected chi connectivity index (χ2v) is 4.89. The van der Waals surface area contributed by atoms with Crippen LogP contribution >= 0.6 is 0 Å². The summed E-state index contributed by atoms with van der Waals surface area (Å²) in [4.78, 5) is 13.8. The molecule has 4 heteroatoms. The fourth-order valence-corrected chi connectivity index (χ4v) is 2.54. The molecule has 2 fully saturated rings. The molecule has 0 aromatic rings. The van der Waals surface area contributed by atoms with Gasteiger partial charge >= 0.3 is 0 Å². The van der Waals surface area contributed by atoms with Crippen molar-refractivity contribution >= 4 is 5.91 Å². The van der Waals surface area contributed by atoms with Crippen molar-refractivity contribution in [2.45, 2.75) is 45.3 Å². The summed E-state index contributed by atoms with van der Waals surface area (Å²) >= 11 is 0. The van der Waals surface area contributed by atoms with E-state index in [1.54, 1.807) is 0 Å². The zero-order valence-corrected chi connectivity index (χ0v) is 10.7. The zero-order valence-electron chi connectivity index (χ0n) is 10.7. The third kappa shape index (κ3) is 3.42. The monoisotopic (exact) mass is 241 g/mol. The summed E-state index contributed by atoms with van der Waals surface area (Å²) < 4.78 is 11.1. The van der Waals surface area contributed by atoms with E-state index in [-0.39, 0.29) is 12.2 Å². The van der Waals surface area contributed by atoms with Gasteiger partial charge in [-0.05, 0) is 32.1 Å². The van der Waals surface area contributed by atoms with Crippen molar-refractivity contribution in [2.24, 2.45) is 5.92 Å². The van der Waals surface area contributed by atoms with Gasteiger partial charge in [0.15, 0.2) is 6.29 Å². The van der Waals surface area contributed by atoms with Gasteiger partial charge in [-0.2, -0.15) is 0 Å². The molecule has 17 heavy (non-hydrogen) atoms. The van der Waals surface area contributed by atoms with Gasteiger partial charge in [-0.3, -0.25) is 4.79 Å². The maximum absolute atomic E-state index is 11.9. The molecule has 2 saturated heterocycles. The van der Waals surface area contributed by atoms with Crippen LogP contribution in [0, 0.1) is 5.92 Å². The van der Waals surface area contributed by atoms with Gasteiger partial charge in [0.25, 0.3) is 0 Å². The van der Waals surface area contributed by atoms with Crippen LogP contribution in [0.15, 0.2) is 0 Å². The molecule has 0 bridgehead atoms. The van der Waals surface area contributed by atoms with E-state index >= 15 is 0 Å². The number of nitrogens with zero attached hydrogens (tertiary/aromatic N) is 1. The number of likely N-dealkylation sites (tertiary alicyclic amines) is 1. The molecule has 0 N–H and O–H groups in total. The van der Waals surface area contributed by atoms with Gasteiger partial charge < -0.3 is 14.4 Å². The third-order valence-electron chi connectivity index (χ3n) is 3.70. The minimum absolute atomic E-state index is 0.0385. The van der Waals surface area contributed by atoms with E-state index in [2.05, 4.69) is 6.92 Å². The smallest absolute Gasteiger partial charge is 0.225 e. The molecule has 2 atom stereocenters. The quantitative estimate of drug-likeness (QED) is 0.736. The van der Waals surface area contributed by atoms with Crippen LogP contribution in [0.25, 0.3) is 0 Å². The summed E-state index contributed by atoms with van der Waals surface area (Å²) in [7, 11) is 0. The maximum atomic E-state index is 11.9. The Labute approximate surface area is 103 Å². The Morgan fingerprint density at radius 2 is 2.29 bits per heavy atom. The second kappa shape index (κ2) is 6.36. The van der Waals surface area contributed by atoms with Gasteiger partial charge in [-0.1, -0.05) is 6.92 Å². The molecule has 0 saturated carbocycles. The van der Waals surface area contributed by atoms with E-state index < -0.39 is 0 Å². The van der Waals surface area contributed by atoms with Crippen molar-refractivity contribution in [3.05, 3.63) is 0 Å². The van der Waals surface area contributed by atoms with Crippen molar-refractivity contribution in [3.8, 4) is 0 Å². The molecule has 0 aromatic heterocycles. The molecule has 0 aliphatic carbocycles. The fraction of sp³-hybridized carbons (Fsp3) is 0.923. The van der Waals surface area contributed by atoms with Gasteiger partial charge in [-0.15, -0.1) is 0 Å². The molecule has 98 valence electrons. The van der Waals surface area contributed by atoms with Crippen molar-refractivity contribution in [3.63, 3.8) is 0 Å². The molecular weight excluding hydrogens is 218 g/mol. The molecule has 2 unspecified atom stereocenters. The van der Waals surface area contributed by atoms with Crippen LogP contribution in [0.1, 0.15) is 39.0 Å². The Kier molecular flexibility index (Phi) is 4.80. The molecule has 2 aliphatic rings. The van der Waals surface area contributed by atoms with Crippen LogP contribution in [0.3, 0.4) is 0 Å².